The molecule has 1 aliphatic rings. The molecular weight excluding hydrogens is 250 g/mol. The van der Waals surface area contributed by atoms with Crippen LogP contribution in [-0.2, 0) is 11.3 Å². The lowest BCUT2D eigenvalue weighted by Crippen LogP contribution is -2.31. The number of hydrogen-bond donors (Lipinski definition) is 1. The molecule has 1 N–H and O–H groups in total. The Hall–Kier alpha value is -1.03. The Morgan fingerprint density at radius 2 is 2.20 bits per heavy atom. The van der Waals surface area contributed by atoms with Crippen LogP contribution in [0, 0.1) is 11.8 Å². The number of aromatic nitrogens is 2. The molecule has 1 saturated carbocycles. The average molecular weight is 279 g/mol. The molecule has 114 valence electrons. The van der Waals surface area contributed by atoms with E-state index in [1.165, 1.54) is 19.3 Å². The van der Waals surface area contributed by atoms with Crippen LogP contribution in [0.15, 0.2) is 12.4 Å². The molecular formula is C16H29N3O. The molecule has 0 bridgehead atoms. The third-order valence-electron chi connectivity index (χ3n) is 4.54. The number of anilines is 1. The summed E-state index contributed by atoms with van der Waals surface area (Å²) in [6.07, 6.45) is 8.83. The van der Waals surface area contributed by atoms with Gasteiger partial charge in [-0.2, -0.15) is 0 Å². The van der Waals surface area contributed by atoms with Gasteiger partial charge in [0.2, 0.25) is 5.95 Å². The van der Waals surface area contributed by atoms with Crippen molar-refractivity contribution in [2.24, 2.45) is 11.8 Å². The Bertz CT molecular complexity index is 391. The van der Waals surface area contributed by atoms with E-state index in [4.69, 9.17) is 4.74 Å². The average Bonchev–Trinajstić information content (AvgIpc) is 2.86. The van der Waals surface area contributed by atoms with Crippen LogP contribution in [0.1, 0.15) is 46.5 Å². The highest BCUT2D eigenvalue weighted by Gasteiger charge is 2.25. The Morgan fingerprint density at radius 3 is 2.95 bits per heavy atom. The number of hydrogen-bond acceptors (Lipinski definition) is 3. The van der Waals surface area contributed by atoms with Crippen molar-refractivity contribution in [3.05, 3.63) is 12.4 Å². The molecule has 0 aliphatic heterocycles. The van der Waals surface area contributed by atoms with E-state index in [0.29, 0.717) is 6.04 Å². The topological polar surface area (TPSA) is 39.1 Å². The van der Waals surface area contributed by atoms with Crippen molar-refractivity contribution in [3.8, 4) is 0 Å². The number of nitrogens with one attached hydrogen (secondary N) is 1. The highest BCUT2D eigenvalue weighted by atomic mass is 16.5. The summed E-state index contributed by atoms with van der Waals surface area (Å²) in [7, 11) is 0. The van der Waals surface area contributed by atoms with Crippen molar-refractivity contribution >= 4 is 5.95 Å². The summed E-state index contributed by atoms with van der Waals surface area (Å²) < 4.78 is 7.60. The van der Waals surface area contributed by atoms with Gasteiger partial charge < -0.3 is 14.6 Å². The number of imidazole rings is 1. The lowest BCUT2D eigenvalue weighted by molar-refractivity contribution is 0.141. The molecule has 0 aromatic carbocycles. The fraction of sp³-hybridized carbons (Fsp3) is 0.812. The monoisotopic (exact) mass is 279 g/mol. The van der Waals surface area contributed by atoms with Gasteiger partial charge in [-0.1, -0.05) is 13.8 Å². The third kappa shape index (κ3) is 4.23. The second kappa shape index (κ2) is 7.67. The van der Waals surface area contributed by atoms with E-state index in [1.54, 1.807) is 0 Å². The van der Waals surface area contributed by atoms with Crippen molar-refractivity contribution < 1.29 is 4.74 Å². The first-order valence-electron chi connectivity index (χ1n) is 8.06. The van der Waals surface area contributed by atoms with Gasteiger partial charge in [-0.15, -0.1) is 0 Å². The third-order valence-corrected chi connectivity index (χ3v) is 4.54. The van der Waals surface area contributed by atoms with Gasteiger partial charge in [0, 0.05) is 38.2 Å². The summed E-state index contributed by atoms with van der Waals surface area (Å²) in [5.74, 6) is 2.69. The van der Waals surface area contributed by atoms with Crippen LogP contribution in [0.3, 0.4) is 0 Å². The van der Waals surface area contributed by atoms with Crippen LogP contribution >= 0.6 is 0 Å². The van der Waals surface area contributed by atoms with Gasteiger partial charge in [-0.25, -0.2) is 4.98 Å². The Kier molecular flexibility index (Phi) is 5.89. The maximum atomic E-state index is 5.39. The highest BCUT2D eigenvalue weighted by molar-refractivity contribution is 5.27. The summed E-state index contributed by atoms with van der Waals surface area (Å²) in [5.41, 5.74) is 0. The Labute approximate surface area is 122 Å². The van der Waals surface area contributed by atoms with Gasteiger partial charge in [0.1, 0.15) is 0 Å². The van der Waals surface area contributed by atoms with Crippen molar-refractivity contribution in [2.75, 3.05) is 18.5 Å². The van der Waals surface area contributed by atoms with Gasteiger partial charge in [0.25, 0.3) is 0 Å². The summed E-state index contributed by atoms with van der Waals surface area (Å²) >= 11 is 0. The van der Waals surface area contributed by atoms with Crippen molar-refractivity contribution in [2.45, 2.75) is 59.0 Å². The van der Waals surface area contributed by atoms with Crippen molar-refractivity contribution in [1.29, 1.82) is 0 Å². The van der Waals surface area contributed by atoms with E-state index < -0.39 is 0 Å². The second-order valence-electron chi connectivity index (χ2n) is 6.10. The smallest absolute Gasteiger partial charge is 0.202 e. The zero-order valence-corrected chi connectivity index (χ0v) is 13.1. The normalized spacial score (nSPS) is 26.6. The minimum Gasteiger partial charge on any atom is -0.382 e. The molecule has 1 aromatic rings. The van der Waals surface area contributed by atoms with Gasteiger partial charge in [-0.3, -0.25) is 0 Å². The summed E-state index contributed by atoms with van der Waals surface area (Å²) in [6.45, 7) is 9.37. The second-order valence-corrected chi connectivity index (χ2v) is 6.10. The maximum Gasteiger partial charge on any atom is 0.202 e. The minimum atomic E-state index is 0.578. The first-order valence-corrected chi connectivity index (χ1v) is 8.06. The van der Waals surface area contributed by atoms with Crippen molar-refractivity contribution in [3.63, 3.8) is 0 Å². The Morgan fingerprint density at radius 1 is 1.35 bits per heavy atom. The molecule has 0 radical (unpaired) electrons. The molecule has 20 heavy (non-hydrogen) atoms. The number of aryl methyl sites for hydroxylation is 1. The predicted molar refractivity (Wildman–Crippen MR) is 82.9 cm³/mol. The number of ether oxygens (including phenoxy) is 1. The molecule has 4 nitrogen and oxygen atoms in total. The van der Waals surface area contributed by atoms with E-state index >= 15 is 0 Å². The molecule has 1 fully saturated rings. The quantitative estimate of drug-likeness (QED) is 0.776. The van der Waals surface area contributed by atoms with Crippen LogP contribution in [-0.4, -0.2) is 28.8 Å². The summed E-state index contributed by atoms with van der Waals surface area (Å²) in [4.78, 5) is 4.46. The number of rotatable bonds is 7. The minimum absolute atomic E-state index is 0.578. The van der Waals surface area contributed by atoms with E-state index in [0.717, 1.165) is 44.0 Å². The van der Waals surface area contributed by atoms with E-state index in [-0.39, 0.29) is 0 Å². The molecule has 1 aliphatic carbocycles. The SMILES string of the molecule is CCOCCCn1ccnc1NC1CCC(C)C(C)C1. The van der Waals surface area contributed by atoms with Crippen LogP contribution in [0.4, 0.5) is 5.95 Å². The predicted octanol–water partition coefficient (Wildman–Crippen LogP) is 3.55. The maximum absolute atomic E-state index is 5.39. The van der Waals surface area contributed by atoms with Gasteiger partial charge in [-0.05, 0) is 44.4 Å². The van der Waals surface area contributed by atoms with E-state index in [1.807, 2.05) is 13.1 Å². The molecule has 3 atom stereocenters. The zero-order chi connectivity index (χ0) is 14.4. The van der Waals surface area contributed by atoms with Crippen LogP contribution in [0.25, 0.3) is 0 Å². The van der Waals surface area contributed by atoms with Gasteiger partial charge >= 0.3 is 0 Å². The molecule has 3 unspecified atom stereocenters. The molecule has 2 rings (SSSR count). The molecule has 0 saturated heterocycles. The molecule has 0 spiro atoms. The van der Waals surface area contributed by atoms with Crippen LogP contribution in [0.5, 0.6) is 0 Å². The van der Waals surface area contributed by atoms with Crippen LogP contribution < -0.4 is 5.32 Å². The molecule has 1 aromatic heterocycles. The molecule has 4 heteroatoms. The van der Waals surface area contributed by atoms with Gasteiger partial charge in [0.05, 0.1) is 0 Å². The Balaban J connectivity index is 1.82. The highest BCUT2D eigenvalue weighted by Crippen LogP contribution is 2.30. The fourth-order valence-corrected chi connectivity index (χ4v) is 2.97. The van der Waals surface area contributed by atoms with Crippen molar-refractivity contribution in [1.82, 2.24) is 9.55 Å². The largest absolute Gasteiger partial charge is 0.382 e. The first-order chi connectivity index (χ1) is 9.70. The molecule has 0 amide bonds. The first kappa shape index (κ1) is 15.4. The molecule has 1 heterocycles. The van der Waals surface area contributed by atoms with E-state index in [2.05, 4.69) is 34.9 Å². The lowest BCUT2D eigenvalue weighted by Gasteiger charge is -2.32. The summed E-state index contributed by atoms with van der Waals surface area (Å²) in [6, 6.07) is 0.578. The van der Waals surface area contributed by atoms with E-state index in [9.17, 15) is 0 Å². The lowest BCUT2D eigenvalue weighted by atomic mass is 9.79. The zero-order valence-electron chi connectivity index (χ0n) is 13.1. The fourth-order valence-electron chi connectivity index (χ4n) is 2.97. The standard InChI is InChI=1S/C16H29N3O/c1-4-20-11-5-9-19-10-8-17-16(19)18-15-7-6-13(2)14(3)12-15/h8,10,13-15H,4-7,9,11-12H2,1-3H3,(H,17,18). The van der Waals surface area contributed by atoms with Gasteiger partial charge in [0.15, 0.2) is 0 Å². The summed E-state index contributed by atoms with van der Waals surface area (Å²) in [5, 5.41) is 3.63. The van der Waals surface area contributed by atoms with Crippen LogP contribution in [0.2, 0.25) is 0 Å². The number of nitrogens with zero attached hydrogens (tertiary/aromatic N) is 2.